The van der Waals surface area contributed by atoms with Crippen LogP contribution in [0, 0.1) is 10.1 Å². The van der Waals surface area contributed by atoms with Crippen molar-refractivity contribution in [1.82, 2.24) is 5.32 Å². The highest BCUT2D eigenvalue weighted by molar-refractivity contribution is 6.06. The third-order valence-electron chi connectivity index (χ3n) is 3.44. The Morgan fingerprint density at radius 1 is 0.962 bits per heavy atom. The summed E-state index contributed by atoms with van der Waals surface area (Å²) in [7, 11) is 2.63. The van der Waals surface area contributed by atoms with E-state index in [1.807, 2.05) is 0 Å². The van der Waals surface area contributed by atoms with Crippen LogP contribution in [0.15, 0.2) is 42.5 Å². The van der Waals surface area contributed by atoms with Crippen molar-refractivity contribution in [3.63, 3.8) is 0 Å². The number of nitrogens with zero attached hydrogens (tertiary/aromatic N) is 1. The number of non-ortho nitro benzene ring substituents is 1. The van der Waals surface area contributed by atoms with Crippen molar-refractivity contribution in [2.75, 3.05) is 19.5 Å². The maximum atomic E-state index is 12.4. The van der Waals surface area contributed by atoms with Gasteiger partial charge in [-0.3, -0.25) is 19.7 Å². The smallest absolute Gasteiger partial charge is 0.338 e. The predicted octanol–water partition coefficient (Wildman–Crippen LogP) is 1.99. The van der Waals surface area contributed by atoms with Crippen LogP contribution in [0.5, 0.6) is 0 Å². The zero-order valence-electron chi connectivity index (χ0n) is 13.9. The van der Waals surface area contributed by atoms with Crippen LogP contribution >= 0.6 is 0 Å². The number of nitrogens with one attached hydrogen (secondary N) is 2. The lowest BCUT2D eigenvalue weighted by atomic mass is 10.1. The molecular formula is C17H15N3O6. The SMILES string of the molecule is CNC(=O)c1ccc(NC(=O)c2cc(C(=O)OC)cc([N+](=O)[O-])c2)cc1. The van der Waals surface area contributed by atoms with Gasteiger partial charge in [0.05, 0.1) is 17.6 Å². The minimum Gasteiger partial charge on any atom is -0.465 e. The first-order chi connectivity index (χ1) is 12.3. The van der Waals surface area contributed by atoms with Gasteiger partial charge >= 0.3 is 5.97 Å². The van der Waals surface area contributed by atoms with E-state index < -0.39 is 22.5 Å². The molecule has 2 rings (SSSR count). The zero-order valence-corrected chi connectivity index (χ0v) is 13.9. The molecule has 0 aliphatic rings. The maximum Gasteiger partial charge on any atom is 0.338 e. The Hall–Kier alpha value is -3.75. The van der Waals surface area contributed by atoms with Gasteiger partial charge in [0, 0.05) is 36.0 Å². The number of amides is 2. The van der Waals surface area contributed by atoms with Crippen molar-refractivity contribution in [3.8, 4) is 0 Å². The summed E-state index contributed by atoms with van der Waals surface area (Å²) in [6.07, 6.45) is 0. The summed E-state index contributed by atoms with van der Waals surface area (Å²) in [5.74, 6) is -1.71. The van der Waals surface area contributed by atoms with Gasteiger partial charge in [-0.2, -0.15) is 0 Å². The third kappa shape index (κ3) is 4.20. The van der Waals surface area contributed by atoms with Gasteiger partial charge < -0.3 is 15.4 Å². The van der Waals surface area contributed by atoms with E-state index in [0.29, 0.717) is 11.3 Å². The highest BCUT2D eigenvalue weighted by Gasteiger charge is 2.18. The molecule has 2 amide bonds. The van der Waals surface area contributed by atoms with Gasteiger partial charge in [-0.15, -0.1) is 0 Å². The topological polar surface area (TPSA) is 128 Å². The van der Waals surface area contributed by atoms with E-state index in [2.05, 4.69) is 15.4 Å². The number of rotatable bonds is 5. The molecule has 9 heteroatoms. The number of esters is 1. The minimum atomic E-state index is -0.794. The molecule has 2 aromatic rings. The van der Waals surface area contributed by atoms with E-state index >= 15 is 0 Å². The Morgan fingerprint density at radius 2 is 1.58 bits per heavy atom. The molecule has 0 aliphatic carbocycles. The van der Waals surface area contributed by atoms with E-state index in [1.165, 1.54) is 37.4 Å². The number of benzene rings is 2. The monoisotopic (exact) mass is 357 g/mol. The normalized spacial score (nSPS) is 9.92. The molecule has 9 nitrogen and oxygen atoms in total. The van der Waals surface area contributed by atoms with Crippen LogP contribution in [0.2, 0.25) is 0 Å². The molecule has 0 unspecified atom stereocenters. The molecule has 0 saturated heterocycles. The lowest BCUT2D eigenvalue weighted by Crippen LogP contribution is -2.18. The summed E-state index contributed by atoms with van der Waals surface area (Å²) in [4.78, 5) is 45.8. The Morgan fingerprint density at radius 3 is 2.12 bits per heavy atom. The van der Waals surface area contributed by atoms with Gasteiger partial charge in [0.25, 0.3) is 17.5 Å². The molecular weight excluding hydrogens is 342 g/mol. The van der Waals surface area contributed by atoms with Gasteiger partial charge in [-0.05, 0) is 30.3 Å². The van der Waals surface area contributed by atoms with Crippen LogP contribution < -0.4 is 10.6 Å². The third-order valence-corrected chi connectivity index (χ3v) is 3.44. The fourth-order valence-electron chi connectivity index (χ4n) is 2.14. The van der Waals surface area contributed by atoms with Crippen molar-refractivity contribution in [2.45, 2.75) is 0 Å². The average molecular weight is 357 g/mol. The molecule has 0 aliphatic heterocycles. The highest BCUT2D eigenvalue weighted by atomic mass is 16.6. The second-order valence-corrected chi connectivity index (χ2v) is 5.13. The molecule has 2 N–H and O–H groups in total. The van der Waals surface area contributed by atoms with E-state index in [4.69, 9.17) is 0 Å². The Kier molecular flexibility index (Phi) is 5.63. The largest absolute Gasteiger partial charge is 0.465 e. The van der Waals surface area contributed by atoms with Crippen molar-refractivity contribution >= 4 is 29.2 Å². The van der Waals surface area contributed by atoms with Crippen LogP contribution in [0.1, 0.15) is 31.1 Å². The van der Waals surface area contributed by atoms with E-state index in [0.717, 1.165) is 19.2 Å². The summed E-state index contributed by atoms with van der Waals surface area (Å²) in [5.41, 5.74) is 0.201. The molecule has 134 valence electrons. The van der Waals surface area contributed by atoms with Crippen LogP contribution in [0.3, 0.4) is 0 Å². The number of methoxy groups -OCH3 is 1. The van der Waals surface area contributed by atoms with Crippen molar-refractivity contribution < 1.29 is 24.0 Å². The van der Waals surface area contributed by atoms with Crippen molar-refractivity contribution in [2.24, 2.45) is 0 Å². The standard InChI is InChI=1S/C17H15N3O6/c1-18-15(21)10-3-5-13(6-4-10)19-16(22)11-7-12(17(23)26-2)9-14(8-11)20(24)25/h3-9H,1-2H3,(H,18,21)(H,19,22). The second-order valence-electron chi connectivity index (χ2n) is 5.13. The Balaban J connectivity index is 2.28. The van der Waals surface area contributed by atoms with Gasteiger partial charge in [-0.1, -0.05) is 0 Å². The average Bonchev–Trinajstić information content (AvgIpc) is 2.66. The lowest BCUT2D eigenvalue weighted by Gasteiger charge is -2.08. The molecule has 0 bridgehead atoms. The highest BCUT2D eigenvalue weighted by Crippen LogP contribution is 2.19. The fraction of sp³-hybridized carbons (Fsp3) is 0.118. The van der Waals surface area contributed by atoms with Crippen LogP contribution in [-0.2, 0) is 4.74 Å². The number of carbonyl (C=O) groups excluding carboxylic acids is 3. The van der Waals surface area contributed by atoms with Crippen molar-refractivity contribution in [1.29, 1.82) is 0 Å². The fourth-order valence-corrected chi connectivity index (χ4v) is 2.14. The number of anilines is 1. The molecule has 0 aromatic heterocycles. The van der Waals surface area contributed by atoms with Crippen LogP contribution in [0.25, 0.3) is 0 Å². The number of hydrogen-bond donors (Lipinski definition) is 2. The van der Waals surface area contributed by atoms with Crippen LogP contribution in [-0.4, -0.2) is 36.9 Å². The summed E-state index contributed by atoms with van der Waals surface area (Å²) >= 11 is 0. The first-order valence-corrected chi connectivity index (χ1v) is 7.37. The quantitative estimate of drug-likeness (QED) is 0.478. The summed E-state index contributed by atoms with van der Waals surface area (Å²) in [6, 6.07) is 9.35. The first-order valence-electron chi connectivity index (χ1n) is 7.37. The molecule has 0 saturated carbocycles. The molecule has 0 heterocycles. The zero-order chi connectivity index (χ0) is 19.3. The van der Waals surface area contributed by atoms with E-state index in [9.17, 15) is 24.5 Å². The van der Waals surface area contributed by atoms with Gasteiger partial charge in [-0.25, -0.2) is 4.79 Å². The molecule has 0 fully saturated rings. The number of hydrogen-bond acceptors (Lipinski definition) is 6. The van der Waals surface area contributed by atoms with Gasteiger partial charge in [0.15, 0.2) is 0 Å². The number of ether oxygens (including phenoxy) is 1. The van der Waals surface area contributed by atoms with Crippen LogP contribution in [0.4, 0.5) is 11.4 Å². The Labute approximate surface area is 148 Å². The predicted molar refractivity (Wildman–Crippen MR) is 92.2 cm³/mol. The van der Waals surface area contributed by atoms with Crippen molar-refractivity contribution in [3.05, 3.63) is 69.3 Å². The van der Waals surface area contributed by atoms with E-state index in [1.54, 1.807) is 0 Å². The van der Waals surface area contributed by atoms with E-state index in [-0.39, 0.29) is 17.0 Å². The summed E-state index contributed by atoms with van der Waals surface area (Å²) in [5, 5.41) is 16.0. The molecule has 0 atom stereocenters. The number of carbonyl (C=O) groups is 3. The van der Waals surface area contributed by atoms with Gasteiger partial charge in [0.1, 0.15) is 0 Å². The molecule has 0 radical (unpaired) electrons. The minimum absolute atomic E-state index is 0.0741. The first kappa shape index (κ1) is 18.6. The Bertz CT molecular complexity index is 877. The lowest BCUT2D eigenvalue weighted by molar-refractivity contribution is -0.384. The number of nitro benzene ring substituents is 1. The molecule has 26 heavy (non-hydrogen) atoms. The number of nitro groups is 1. The molecule has 2 aromatic carbocycles. The summed E-state index contributed by atoms with van der Waals surface area (Å²) in [6.45, 7) is 0. The molecule has 0 spiro atoms. The summed E-state index contributed by atoms with van der Waals surface area (Å²) < 4.78 is 4.54. The second kappa shape index (κ2) is 7.88. The van der Waals surface area contributed by atoms with Gasteiger partial charge in [0.2, 0.25) is 0 Å². The maximum absolute atomic E-state index is 12.4.